The molecule has 0 aliphatic rings. The van der Waals surface area contributed by atoms with Crippen LogP contribution in [0.1, 0.15) is 10.4 Å². The number of hydrogen-bond acceptors (Lipinski definition) is 5. The van der Waals surface area contributed by atoms with E-state index in [1.807, 2.05) is 0 Å². The number of halogens is 1. The SMILES string of the molecule is COC(=O)c1cnc(-c2cccc(Cl)c2)nc1N. The lowest BCUT2D eigenvalue weighted by molar-refractivity contribution is 0.0601. The number of benzene rings is 1. The molecule has 1 heterocycles. The minimum Gasteiger partial charge on any atom is -0.465 e. The molecular weight excluding hydrogens is 254 g/mol. The maximum absolute atomic E-state index is 11.3. The van der Waals surface area contributed by atoms with Gasteiger partial charge in [-0.25, -0.2) is 14.8 Å². The van der Waals surface area contributed by atoms with Crippen LogP contribution in [0.4, 0.5) is 5.82 Å². The van der Waals surface area contributed by atoms with Gasteiger partial charge < -0.3 is 10.5 Å². The highest BCUT2D eigenvalue weighted by atomic mass is 35.5. The van der Waals surface area contributed by atoms with Gasteiger partial charge in [-0.3, -0.25) is 0 Å². The van der Waals surface area contributed by atoms with Crippen LogP contribution >= 0.6 is 11.6 Å². The highest BCUT2D eigenvalue weighted by molar-refractivity contribution is 6.30. The van der Waals surface area contributed by atoms with Gasteiger partial charge in [0.15, 0.2) is 5.82 Å². The van der Waals surface area contributed by atoms with Crippen LogP contribution in [0.25, 0.3) is 11.4 Å². The van der Waals surface area contributed by atoms with Crippen molar-refractivity contribution in [1.82, 2.24) is 9.97 Å². The summed E-state index contributed by atoms with van der Waals surface area (Å²) in [5.41, 5.74) is 6.56. The van der Waals surface area contributed by atoms with Crippen LogP contribution in [0, 0.1) is 0 Å². The highest BCUT2D eigenvalue weighted by Gasteiger charge is 2.13. The van der Waals surface area contributed by atoms with E-state index in [0.717, 1.165) is 5.56 Å². The van der Waals surface area contributed by atoms with Crippen LogP contribution in [0.3, 0.4) is 0 Å². The van der Waals surface area contributed by atoms with Gasteiger partial charge in [-0.15, -0.1) is 0 Å². The fraction of sp³-hybridized carbons (Fsp3) is 0.0833. The molecule has 0 radical (unpaired) electrons. The van der Waals surface area contributed by atoms with Gasteiger partial charge in [-0.2, -0.15) is 0 Å². The van der Waals surface area contributed by atoms with Gasteiger partial charge in [0.05, 0.1) is 7.11 Å². The van der Waals surface area contributed by atoms with Crippen LogP contribution < -0.4 is 5.73 Å². The third-order valence-electron chi connectivity index (χ3n) is 2.31. The number of aromatic nitrogens is 2. The Morgan fingerprint density at radius 3 is 2.83 bits per heavy atom. The van der Waals surface area contributed by atoms with E-state index in [0.29, 0.717) is 10.8 Å². The number of methoxy groups -OCH3 is 1. The molecule has 0 atom stereocenters. The summed E-state index contributed by atoms with van der Waals surface area (Å²) in [4.78, 5) is 19.5. The summed E-state index contributed by atoms with van der Waals surface area (Å²) >= 11 is 5.88. The van der Waals surface area contributed by atoms with Crippen molar-refractivity contribution in [2.45, 2.75) is 0 Å². The van der Waals surface area contributed by atoms with Crippen molar-refractivity contribution < 1.29 is 9.53 Å². The summed E-state index contributed by atoms with van der Waals surface area (Å²) in [7, 11) is 1.27. The number of rotatable bonds is 2. The molecule has 6 heteroatoms. The second kappa shape index (κ2) is 5.01. The molecule has 0 spiro atoms. The summed E-state index contributed by atoms with van der Waals surface area (Å²) < 4.78 is 4.56. The molecule has 0 aliphatic heterocycles. The Bertz CT molecular complexity index is 602. The Labute approximate surface area is 109 Å². The minimum absolute atomic E-state index is 0.0758. The number of anilines is 1. The maximum atomic E-state index is 11.3. The molecule has 0 unspecified atom stereocenters. The van der Waals surface area contributed by atoms with E-state index in [4.69, 9.17) is 17.3 Å². The molecule has 92 valence electrons. The first kappa shape index (κ1) is 12.3. The predicted molar refractivity (Wildman–Crippen MR) is 68.2 cm³/mol. The van der Waals surface area contributed by atoms with Crippen LogP contribution in [0.5, 0.6) is 0 Å². The van der Waals surface area contributed by atoms with Gasteiger partial charge in [0.1, 0.15) is 11.4 Å². The number of nitrogens with two attached hydrogens (primary N) is 1. The van der Waals surface area contributed by atoms with E-state index in [2.05, 4.69) is 14.7 Å². The van der Waals surface area contributed by atoms with E-state index in [-0.39, 0.29) is 11.4 Å². The van der Waals surface area contributed by atoms with Gasteiger partial charge >= 0.3 is 5.97 Å². The van der Waals surface area contributed by atoms with Crippen molar-refractivity contribution in [3.63, 3.8) is 0 Å². The quantitative estimate of drug-likeness (QED) is 0.840. The summed E-state index contributed by atoms with van der Waals surface area (Å²) in [6.45, 7) is 0. The van der Waals surface area contributed by atoms with E-state index in [1.54, 1.807) is 24.3 Å². The Morgan fingerprint density at radius 1 is 1.44 bits per heavy atom. The number of hydrogen-bond donors (Lipinski definition) is 1. The number of esters is 1. The van der Waals surface area contributed by atoms with Crippen molar-refractivity contribution in [2.75, 3.05) is 12.8 Å². The first-order valence-electron chi connectivity index (χ1n) is 5.08. The smallest absolute Gasteiger partial charge is 0.343 e. The Hall–Kier alpha value is -2.14. The van der Waals surface area contributed by atoms with E-state index < -0.39 is 5.97 Å². The Balaban J connectivity index is 2.43. The fourth-order valence-corrected chi connectivity index (χ4v) is 1.62. The van der Waals surface area contributed by atoms with Crippen molar-refractivity contribution in [2.24, 2.45) is 0 Å². The predicted octanol–water partition coefficient (Wildman–Crippen LogP) is 2.17. The summed E-state index contributed by atoms with van der Waals surface area (Å²) in [5.74, 6) is -0.0837. The maximum Gasteiger partial charge on any atom is 0.343 e. The van der Waals surface area contributed by atoms with Crippen LogP contribution in [-0.4, -0.2) is 23.0 Å². The van der Waals surface area contributed by atoms with E-state index in [1.165, 1.54) is 13.3 Å². The van der Waals surface area contributed by atoms with Crippen molar-refractivity contribution in [1.29, 1.82) is 0 Å². The third-order valence-corrected chi connectivity index (χ3v) is 2.54. The third kappa shape index (κ3) is 2.41. The monoisotopic (exact) mass is 263 g/mol. The zero-order chi connectivity index (χ0) is 13.1. The van der Waals surface area contributed by atoms with Gasteiger partial charge in [0, 0.05) is 16.8 Å². The Morgan fingerprint density at radius 2 is 2.22 bits per heavy atom. The number of nitrogen functional groups attached to an aromatic ring is 1. The zero-order valence-electron chi connectivity index (χ0n) is 9.55. The lowest BCUT2D eigenvalue weighted by Crippen LogP contribution is -2.09. The minimum atomic E-state index is -0.565. The van der Waals surface area contributed by atoms with Crippen LogP contribution in [-0.2, 0) is 4.74 Å². The molecule has 0 fully saturated rings. The standard InChI is InChI=1S/C12H10ClN3O2/c1-18-12(17)9-6-15-11(16-10(9)14)7-3-2-4-8(13)5-7/h2-6H,1H3,(H2,14,15,16). The average molecular weight is 264 g/mol. The van der Waals surface area contributed by atoms with Crippen molar-refractivity contribution in [3.05, 3.63) is 41.0 Å². The van der Waals surface area contributed by atoms with Gasteiger partial charge in [0.2, 0.25) is 0 Å². The molecule has 0 amide bonds. The Kier molecular flexibility index (Phi) is 3.43. The van der Waals surface area contributed by atoms with Crippen LogP contribution in [0.2, 0.25) is 5.02 Å². The molecule has 0 bridgehead atoms. The first-order chi connectivity index (χ1) is 8.61. The summed E-state index contributed by atoms with van der Waals surface area (Å²) in [5, 5.41) is 0.576. The number of carbonyl (C=O) groups excluding carboxylic acids is 1. The molecule has 1 aromatic carbocycles. The topological polar surface area (TPSA) is 78.1 Å². The normalized spacial score (nSPS) is 10.1. The molecule has 0 aliphatic carbocycles. The summed E-state index contributed by atoms with van der Waals surface area (Å²) in [6.07, 6.45) is 1.34. The average Bonchev–Trinajstić information content (AvgIpc) is 2.37. The second-order valence-electron chi connectivity index (χ2n) is 3.49. The van der Waals surface area contributed by atoms with E-state index in [9.17, 15) is 4.79 Å². The zero-order valence-corrected chi connectivity index (χ0v) is 10.3. The van der Waals surface area contributed by atoms with Gasteiger partial charge in [-0.05, 0) is 12.1 Å². The lowest BCUT2D eigenvalue weighted by atomic mass is 10.2. The fourth-order valence-electron chi connectivity index (χ4n) is 1.43. The molecule has 2 N–H and O–H groups in total. The number of nitrogens with zero attached hydrogens (tertiary/aromatic N) is 2. The number of ether oxygens (including phenoxy) is 1. The number of carbonyl (C=O) groups is 1. The molecular formula is C12H10ClN3O2. The molecule has 0 saturated heterocycles. The van der Waals surface area contributed by atoms with Gasteiger partial charge in [-0.1, -0.05) is 23.7 Å². The molecule has 2 aromatic rings. The van der Waals surface area contributed by atoms with Crippen LogP contribution in [0.15, 0.2) is 30.5 Å². The molecule has 18 heavy (non-hydrogen) atoms. The summed E-state index contributed by atoms with van der Waals surface area (Å²) in [6, 6.07) is 7.05. The molecule has 0 saturated carbocycles. The lowest BCUT2D eigenvalue weighted by Gasteiger charge is -2.05. The molecule has 5 nitrogen and oxygen atoms in total. The second-order valence-corrected chi connectivity index (χ2v) is 3.93. The van der Waals surface area contributed by atoms with Crippen molar-refractivity contribution >= 4 is 23.4 Å². The highest BCUT2D eigenvalue weighted by Crippen LogP contribution is 2.21. The molecule has 1 aromatic heterocycles. The van der Waals surface area contributed by atoms with E-state index >= 15 is 0 Å². The largest absolute Gasteiger partial charge is 0.465 e. The van der Waals surface area contributed by atoms with Gasteiger partial charge in [0.25, 0.3) is 0 Å². The molecule has 2 rings (SSSR count). The van der Waals surface area contributed by atoms with Crippen molar-refractivity contribution in [3.8, 4) is 11.4 Å². The first-order valence-corrected chi connectivity index (χ1v) is 5.46.